The van der Waals surface area contributed by atoms with Crippen molar-refractivity contribution in [2.24, 2.45) is 0 Å². The molecule has 1 N–H and O–H groups in total. The third-order valence-electron chi connectivity index (χ3n) is 3.79. The van der Waals surface area contributed by atoms with Gasteiger partial charge in [0.25, 0.3) is 0 Å². The Morgan fingerprint density at radius 1 is 1.21 bits per heavy atom. The molecule has 1 rings (SSSR count). The van der Waals surface area contributed by atoms with Crippen molar-refractivity contribution in [1.82, 2.24) is 0 Å². The van der Waals surface area contributed by atoms with Crippen molar-refractivity contribution in [3.05, 3.63) is 35.4 Å². The van der Waals surface area contributed by atoms with Crippen molar-refractivity contribution in [3.8, 4) is 0 Å². The number of rotatable bonds is 7. The van der Waals surface area contributed by atoms with Gasteiger partial charge in [0.2, 0.25) is 0 Å². The van der Waals surface area contributed by atoms with E-state index in [0.29, 0.717) is 24.3 Å². The van der Waals surface area contributed by atoms with E-state index in [1.54, 1.807) is 0 Å². The van der Waals surface area contributed by atoms with E-state index in [1.165, 1.54) is 5.56 Å². The highest BCUT2D eigenvalue weighted by atomic mass is 16.3. The number of aliphatic hydroxyl groups is 1. The molecule has 0 aliphatic carbocycles. The van der Waals surface area contributed by atoms with E-state index in [-0.39, 0.29) is 5.78 Å². The molecule has 1 unspecified atom stereocenters. The van der Waals surface area contributed by atoms with Gasteiger partial charge in [0.15, 0.2) is 5.78 Å². The van der Waals surface area contributed by atoms with E-state index >= 15 is 0 Å². The molecular weight excluding hydrogens is 236 g/mol. The zero-order valence-corrected chi connectivity index (χ0v) is 12.6. The summed E-state index contributed by atoms with van der Waals surface area (Å²) in [5.41, 5.74) is 0.630. The molecule has 0 aromatic heterocycles. The van der Waals surface area contributed by atoms with Gasteiger partial charge in [-0.15, -0.1) is 0 Å². The Morgan fingerprint density at radius 3 is 2.21 bits per heavy atom. The Morgan fingerprint density at radius 2 is 1.79 bits per heavy atom. The quantitative estimate of drug-likeness (QED) is 0.743. The summed E-state index contributed by atoms with van der Waals surface area (Å²) in [6.45, 7) is 8.19. The summed E-state index contributed by atoms with van der Waals surface area (Å²) in [5.74, 6) is 0.313. The van der Waals surface area contributed by atoms with Crippen molar-refractivity contribution >= 4 is 5.78 Å². The van der Waals surface area contributed by atoms with Crippen molar-refractivity contribution in [1.29, 1.82) is 0 Å². The fourth-order valence-corrected chi connectivity index (χ4v) is 2.21. The van der Waals surface area contributed by atoms with Gasteiger partial charge >= 0.3 is 0 Å². The zero-order chi connectivity index (χ0) is 14.5. The van der Waals surface area contributed by atoms with Gasteiger partial charge in [-0.2, -0.15) is 0 Å². The number of Topliss-reactive ketones (excluding diaryl/α,β-unsaturated/α-hetero) is 1. The van der Waals surface area contributed by atoms with E-state index < -0.39 is 5.60 Å². The maximum absolute atomic E-state index is 12.4. The minimum atomic E-state index is -1.20. The van der Waals surface area contributed by atoms with Crippen LogP contribution in [0.1, 0.15) is 75.2 Å². The predicted octanol–water partition coefficient (Wildman–Crippen LogP) is 4.32. The molecule has 2 nitrogen and oxygen atoms in total. The fourth-order valence-electron chi connectivity index (χ4n) is 2.21. The van der Waals surface area contributed by atoms with E-state index in [4.69, 9.17) is 0 Å². The average molecular weight is 262 g/mol. The maximum Gasteiger partial charge on any atom is 0.194 e. The maximum atomic E-state index is 12.4. The van der Waals surface area contributed by atoms with Gasteiger partial charge in [-0.25, -0.2) is 0 Å². The topological polar surface area (TPSA) is 37.3 Å². The van der Waals surface area contributed by atoms with Gasteiger partial charge in [0, 0.05) is 5.56 Å². The molecule has 0 bridgehead atoms. The lowest BCUT2D eigenvalue weighted by atomic mass is 9.85. The fraction of sp³-hybridized carbons (Fsp3) is 0.588. The van der Waals surface area contributed by atoms with Crippen LogP contribution in [0.5, 0.6) is 0 Å². The number of ketones is 1. The third kappa shape index (κ3) is 3.90. The van der Waals surface area contributed by atoms with Gasteiger partial charge in [-0.1, -0.05) is 64.8 Å². The van der Waals surface area contributed by atoms with Gasteiger partial charge in [0.05, 0.1) is 0 Å². The molecule has 0 spiro atoms. The number of hydrogen-bond donors (Lipinski definition) is 1. The Kier molecular flexibility index (Phi) is 5.74. The van der Waals surface area contributed by atoms with Gasteiger partial charge in [-0.3, -0.25) is 4.79 Å². The third-order valence-corrected chi connectivity index (χ3v) is 3.79. The summed E-state index contributed by atoms with van der Waals surface area (Å²) in [6, 6.07) is 7.64. The summed E-state index contributed by atoms with van der Waals surface area (Å²) in [7, 11) is 0. The molecule has 0 aliphatic rings. The largest absolute Gasteiger partial charge is 0.382 e. The number of hydrogen-bond acceptors (Lipinski definition) is 2. The molecule has 0 aliphatic heterocycles. The molecule has 1 aromatic rings. The van der Waals surface area contributed by atoms with E-state index in [1.807, 2.05) is 31.2 Å². The number of benzene rings is 1. The Hall–Kier alpha value is -1.15. The lowest BCUT2D eigenvalue weighted by molar-refractivity contribution is 0.0240. The molecule has 19 heavy (non-hydrogen) atoms. The number of unbranched alkanes of at least 4 members (excludes halogenated alkanes) is 1. The van der Waals surface area contributed by atoms with Crippen LogP contribution in [-0.2, 0) is 0 Å². The SMILES string of the molecule is CCCCC(O)(CC)C(=O)c1ccc(C(C)C)cc1. The van der Waals surface area contributed by atoms with Crippen molar-refractivity contribution in [2.45, 2.75) is 64.9 Å². The van der Waals surface area contributed by atoms with Crippen LogP contribution in [0.4, 0.5) is 0 Å². The molecule has 0 saturated heterocycles. The minimum Gasteiger partial charge on any atom is -0.382 e. The Balaban J connectivity index is 2.91. The predicted molar refractivity (Wildman–Crippen MR) is 79.6 cm³/mol. The molecular formula is C17H26O2. The minimum absolute atomic E-state index is 0.140. The van der Waals surface area contributed by atoms with Crippen molar-refractivity contribution < 1.29 is 9.90 Å². The van der Waals surface area contributed by atoms with Crippen LogP contribution in [0.3, 0.4) is 0 Å². The van der Waals surface area contributed by atoms with Crippen LogP contribution in [0.2, 0.25) is 0 Å². The number of carbonyl (C=O) groups is 1. The number of carbonyl (C=O) groups excluding carboxylic acids is 1. The van der Waals surface area contributed by atoms with Gasteiger partial charge in [0.1, 0.15) is 5.60 Å². The smallest absolute Gasteiger partial charge is 0.194 e. The summed E-state index contributed by atoms with van der Waals surface area (Å²) in [5, 5.41) is 10.5. The van der Waals surface area contributed by atoms with Gasteiger partial charge < -0.3 is 5.11 Å². The first kappa shape index (κ1) is 15.9. The second-order valence-electron chi connectivity index (χ2n) is 5.59. The molecule has 1 atom stereocenters. The van der Waals surface area contributed by atoms with E-state index in [0.717, 1.165) is 12.8 Å². The lowest BCUT2D eigenvalue weighted by Crippen LogP contribution is -2.38. The summed E-state index contributed by atoms with van der Waals surface area (Å²) in [4.78, 5) is 12.4. The molecule has 1 aromatic carbocycles. The lowest BCUT2D eigenvalue weighted by Gasteiger charge is -2.25. The molecule has 0 heterocycles. The van der Waals surface area contributed by atoms with E-state index in [9.17, 15) is 9.90 Å². The standard InChI is InChI=1S/C17H26O2/c1-5-7-12-17(19,6-2)16(18)15-10-8-14(9-11-15)13(3)4/h8-11,13,19H,5-7,12H2,1-4H3. The molecule has 0 fully saturated rings. The van der Waals surface area contributed by atoms with Crippen LogP contribution >= 0.6 is 0 Å². The molecule has 2 heteroatoms. The molecule has 106 valence electrons. The average Bonchev–Trinajstić information content (AvgIpc) is 2.44. The zero-order valence-electron chi connectivity index (χ0n) is 12.6. The summed E-state index contributed by atoms with van der Waals surface area (Å²) >= 11 is 0. The highest BCUT2D eigenvalue weighted by Gasteiger charge is 2.33. The Labute approximate surface area is 116 Å². The van der Waals surface area contributed by atoms with Crippen LogP contribution in [0, 0.1) is 0 Å². The van der Waals surface area contributed by atoms with Crippen LogP contribution in [0.25, 0.3) is 0 Å². The van der Waals surface area contributed by atoms with E-state index in [2.05, 4.69) is 20.8 Å². The second-order valence-corrected chi connectivity index (χ2v) is 5.59. The highest BCUT2D eigenvalue weighted by molar-refractivity contribution is 6.02. The first-order chi connectivity index (χ1) is 8.94. The normalized spacial score (nSPS) is 14.4. The monoisotopic (exact) mass is 262 g/mol. The molecule has 0 amide bonds. The summed E-state index contributed by atoms with van der Waals surface area (Å²) < 4.78 is 0. The molecule has 0 radical (unpaired) electrons. The van der Waals surface area contributed by atoms with Crippen LogP contribution < -0.4 is 0 Å². The first-order valence-corrected chi connectivity index (χ1v) is 7.31. The highest BCUT2D eigenvalue weighted by Crippen LogP contribution is 2.25. The van der Waals surface area contributed by atoms with Crippen LogP contribution in [-0.4, -0.2) is 16.5 Å². The summed E-state index contributed by atoms with van der Waals surface area (Å²) in [6.07, 6.45) is 2.88. The molecule has 0 saturated carbocycles. The first-order valence-electron chi connectivity index (χ1n) is 7.31. The van der Waals surface area contributed by atoms with Gasteiger partial charge in [-0.05, 0) is 24.3 Å². The van der Waals surface area contributed by atoms with Crippen molar-refractivity contribution in [3.63, 3.8) is 0 Å². The van der Waals surface area contributed by atoms with Crippen molar-refractivity contribution in [2.75, 3.05) is 0 Å². The Bertz CT molecular complexity index is 406. The van der Waals surface area contributed by atoms with Crippen LogP contribution in [0.15, 0.2) is 24.3 Å². The second kappa shape index (κ2) is 6.85.